The van der Waals surface area contributed by atoms with Crippen LogP contribution in [0, 0.1) is 0 Å². The molecule has 6 nitrogen and oxygen atoms in total. The van der Waals surface area contributed by atoms with E-state index in [0.717, 1.165) is 5.57 Å². The topological polar surface area (TPSA) is 79.5 Å². The van der Waals surface area contributed by atoms with Gasteiger partial charge in [-0.05, 0) is 12.0 Å². The highest BCUT2D eigenvalue weighted by molar-refractivity contribution is 7.89. The first kappa shape index (κ1) is 14.0. The first-order valence-electron chi connectivity index (χ1n) is 5.90. The van der Waals surface area contributed by atoms with Gasteiger partial charge in [-0.3, -0.25) is 4.79 Å². The first-order chi connectivity index (χ1) is 9.05. The molecule has 0 bridgehead atoms. The minimum Gasteiger partial charge on any atom is -0.380 e. The Bertz CT molecular complexity index is 633. The lowest BCUT2D eigenvalue weighted by molar-refractivity contribution is 0.219. The van der Waals surface area contributed by atoms with Crippen LogP contribution < -0.4 is 5.43 Å². The molecule has 7 heteroatoms. The van der Waals surface area contributed by atoms with Crippen LogP contribution in [0.3, 0.4) is 0 Å². The molecule has 1 N–H and O–H groups in total. The summed E-state index contributed by atoms with van der Waals surface area (Å²) in [5.41, 5.74) is 0.585. The van der Waals surface area contributed by atoms with Gasteiger partial charge in [0.15, 0.2) is 0 Å². The molecule has 1 aromatic rings. The van der Waals surface area contributed by atoms with E-state index in [9.17, 15) is 13.2 Å². The fourth-order valence-electron chi connectivity index (χ4n) is 1.97. The molecular formula is C12H16N2O4S. The predicted octanol–water partition coefficient (Wildman–Crippen LogP) is 0.342. The molecule has 1 aliphatic heterocycles. The summed E-state index contributed by atoms with van der Waals surface area (Å²) in [5.74, 6) is 0. The van der Waals surface area contributed by atoms with Crippen LogP contribution in [0.15, 0.2) is 39.8 Å². The van der Waals surface area contributed by atoms with Crippen molar-refractivity contribution in [3.8, 4) is 0 Å². The normalized spacial score (nSPS) is 17.2. The number of ether oxygens (including phenoxy) is 1. The molecule has 1 aromatic heterocycles. The molecule has 0 aliphatic carbocycles. The smallest absolute Gasteiger partial charge is 0.248 e. The van der Waals surface area contributed by atoms with Crippen molar-refractivity contribution in [3.05, 3.63) is 40.3 Å². The van der Waals surface area contributed by atoms with Crippen LogP contribution in [-0.2, 0) is 14.8 Å². The summed E-state index contributed by atoms with van der Waals surface area (Å²) in [5, 5.41) is 0. The second-order valence-electron chi connectivity index (χ2n) is 4.28. The monoisotopic (exact) mass is 284 g/mol. The molecule has 0 radical (unpaired) electrons. The van der Waals surface area contributed by atoms with Gasteiger partial charge in [-0.2, -0.15) is 4.31 Å². The molecular weight excluding hydrogens is 268 g/mol. The molecule has 0 unspecified atom stereocenters. The summed E-state index contributed by atoms with van der Waals surface area (Å²) in [6.45, 7) is 1.15. The van der Waals surface area contributed by atoms with Crippen molar-refractivity contribution in [1.82, 2.24) is 9.29 Å². The minimum absolute atomic E-state index is 0.210. The van der Waals surface area contributed by atoms with Crippen molar-refractivity contribution in [1.29, 1.82) is 0 Å². The predicted molar refractivity (Wildman–Crippen MR) is 70.4 cm³/mol. The summed E-state index contributed by atoms with van der Waals surface area (Å²) in [4.78, 5) is 14.0. The zero-order valence-electron chi connectivity index (χ0n) is 10.6. The lowest BCUT2D eigenvalue weighted by Gasteiger charge is -2.25. The van der Waals surface area contributed by atoms with Gasteiger partial charge >= 0.3 is 0 Å². The molecule has 0 atom stereocenters. The maximum Gasteiger partial charge on any atom is 0.248 e. The number of nitrogens with zero attached hydrogens (tertiary/aromatic N) is 1. The van der Waals surface area contributed by atoms with Gasteiger partial charge in [-0.15, -0.1) is 0 Å². The summed E-state index contributed by atoms with van der Waals surface area (Å²) in [7, 11) is -2.12. The van der Waals surface area contributed by atoms with Crippen molar-refractivity contribution in [2.75, 3.05) is 26.8 Å². The van der Waals surface area contributed by atoms with E-state index in [2.05, 4.69) is 4.98 Å². The third-order valence-corrected chi connectivity index (χ3v) is 4.89. The molecule has 1 aliphatic rings. The standard InChI is InChI=1S/C12H16N2O4S/c1-18-9-10-3-6-14(7-4-10)19(16,17)12-8-13-5-2-11(12)15/h2-3,5,8H,4,6-7,9H2,1H3,(H,13,15). The Kier molecular flexibility index (Phi) is 4.18. The zero-order valence-corrected chi connectivity index (χ0v) is 11.4. The molecule has 2 rings (SSSR count). The quantitative estimate of drug-likeness (QED) is 0.809. The van der Waals surface area contributed by atoms with Gasteiger partial charge in [-0.1, -0.05) is 6.08 Å². The number of hydrogen-bond acceptors (Lipinski definition) is 4. The van der Waals surface area contributed by atoms with E-state index in [0.29, 0.717) is 19.6 Å². The Hall–Kier alpha value is -1.44. The van der Waals surface area contributed by atoms with Gasteiger partial charge in [0.05, 0.1) is 6.61 Å². The molecule has 0 fully saturated rings. The molecule has 104 valence electrons. The molecule has 2 heterocycles. The summed E-state index contributed by atoms with van der Waals surface area (Å²) < 4.78 is 31.0. The van der Waals surface area contributed by atoms with Crippen LogP contribution in [0.5, 0.6) is 0 Å². The highest BCUT2D eigenvalue weighted by atomic mass is 32.2. The number of aromatic amines is 1. The number of methoxy groups -OCH3 is 1. The van der Waals surface area contributed by atoms with Gasteiger partial charge in [0, 0.05) is 38.7 Å². The average molecular weight is 284 g/mol. The van der Waals surface area contributed by atoms with Gasteiger partial charge in [0.2, 0.25) is 15.5 Å². The number of nitrogens with one attached hydrogen (secondary N) is 1. The van der Waals surface area contributed by atoms with E-state index < -0.39 is 15.5 Å². The van der Waals surface area contributed by atoms with Crippen LogP contribution in [0.2, 0.25) is 0 Å². The van der Waals surface area contributed by atoms with E-state index in [1.807, 2.05) is 6.08 Å². The Labute approximate surface area is 111 Å². The Balaban J connectivity index is 2.24. The number of pyridine rings is 1. The maximum absolute atomic E-state index is 12.3. The summed E-state index contributed by atoms with van der Waals surface area (Å²) in [6, 6.07) is 1.21. The van der Waals surface area contributed by atoms with E-state index in [-0.39, 0.29) is 11.4 Å². The van der Waals surface area contributed by atoms with E-state index in [1.54, 1.807) is 7.11 Å². The Morgan fingerprint density at radius 2 is 2.26 bits per heavy atom. The van der Waals surface area contributed by atoms with Crippen molar-refractivity contribution in [2.45, 2.75) is 11.3 Å². The number of rotatable bonds is 4. The Morgan fingerprint density at radius 3 is 2.84 bits per heavy atom. The molecule has 0 amide bonds. The summed E-state index contributed by atoms with van der Waals surface area (Å²) in [6.07, 6.45) is 5.10. The molecule has 19 heavy (non-hydrogen) atoms. The van der Waals surface area contributed by atoms with Gasteiger partial charge < -0.3 is 9.72 Å². The van der Waals surface area contributed by atoms with Crippen LogP contribution in [0.1, 0.15) is 6.42 Å². The second kappa shape index (κ2) is 5.68. The average Bonchev–Trinajstić information content (AvgIpc) is 2.40. The largest absolute Gasteiger partial charge is 0.380 e. The van der Waals surface area contributed by atoms with Gasteiger partial charge in [0.1, 0.15) is 4.90 Å². The van der Waals surface area contributed by atoms with Gasteiger partial charge in [-0.25, -0.2) is 8.42 Å². The van der Waals surface area contributed by atoms with Crippen LogP contribution in [0.25, 0.3) is 0 Å². The third kappa shape index (κ3) is 2.94. The van der Waals surface area contributed by atoms with Crippen LogP contribution in [0.4, 0.5) is 0 Å². The van der Waals surface area contributed by atoms with Crippen LogP contribution in [-0.4, -0.2) is 44.5 Å². The van der Waals surface area contributed by atoms with Crippen molar-refractivity contribution >= 4 is 10.0 Å². The van der Waals surface area contributed by atoms with E-state index in [1.165, 1.54) is 22.8 Å². The van der Waals surface area contributed by atoms with Crippen molar-refractivity contribution in [3.63, 3.8) is 0 Å². The maximum atomic E-state index is 12.3. The molecule has 0 saturated heterocycles. The van der Waals surface area contributed by atoms with E-state index >= 15 is 0 Å². The highest BCUT2D eigenvalue weighted by Gasteiger charge is 2.27. The Morgan fingerprint density at radius 1 is 1.47 bits per heavy atom. The zero-order chi connectivity index (χ0) is 13.9. The highest BCUT2D eigenvalue weighted by Crippen LogP contribution is 2.18. The fraction of sp³-hybridized carbons (Fsp3) is 0.417. The molecule has 0 aromatic carbocycles. The lowest BCUT2D eigenvalue weighted by Crippen LogP contribution is -2.37. The van der Waals surface area contributed by atoms with E-state index in [4.69, 9.17) is 4.74 Å². The summed E-state index contributed by atoms with van der Waals surface area (Å²) >= 11 is 0. The fourth-order valence-corrected chi connectivity index (χ4v) is 3.39. The number of hydrogen-bond donors (Lipinski definition) is 1. The lowest BCUT2D eigenvalue weighted by atomic mass is 10.1. The second-order valence-corrected chi connectivity index (χ2v) is 6.19. The van der Waals surface area contributed by atoms with Crippen molar-refractivity contribution < 1.29 is 13.2 Å². The minimum atomic E-state index is -3.73. The van der Waals surface area contributed by atoms with Crippen molar-refractivity contribution in [2.24, 2.45) is 0 Å². The first-order valence-corrected chi connectivity index (χ1v) is 7.34. The van der Waals surface area contributed by atoms with Crippen LogP contribution >= 0.6 is 0 Å². The number of sulfonamides is 1. The third-order valence-electron chi connectivity index (χ3n) is 3.00. The number of H-pyrrole nitrogens is 1. The molecule has 0 spiro atoms. The number of aromatic nitrogens is 1. The van der Waals surface area contributed by atoms with Gasteiger partial charge in [0.25, 0.3) is 0 Å². The SMILES string of the molecule is COCC1=CCN(S(=O)(=O)c2c[nH]ccc2=O)CC1. The molecule has 0 saturated carbocycles.